The summed E-state index contributed by atoms with van der Waals surface area (Å²) in [6, 6.07) is 8.52. The Kier molecular flexibility index (Phi) is 4.95. The summed E-state index contributed by atoms with van der Waals surface area (Å²) in [5, 5.41) is 0. The molecule has 0 radical (unpaired) electrons. The Bertz CT molecular complexity index is 514. The molecule has 0 spiro atoms. The van der Waals surface area contributed by atoms with Crippen molar-refractivity contribution in [3.8, 4) is 0 Å². The van der Waals surface area contributed by atoms with Gasteiger partial charge >= 0.3 is 6.09 Å². The zero-order chi connectivity index (χ0) is 15.4. The van der Waals surface area contributed by atoms with Gasteiger partial charge in [-0.1, -0.05) is 24.3 Å². The highest BCUT2D eigenvalue weighted by molar-refractivity contribution is 5.69. The number of amides is 1. The fourth-order valence-corrected chi connectivity index (χ4v) is 3.30. The zero-order valence-corrected chi connectivity index (χ0v) is 13.2. The third-order valence-corrected chi connectivity index (χ3v) is 4.45. The number of rotatable bonds is 3. The summed E-state index contributed by atoms with van der Waals surface area (Å²) in [5.41, 5.74) is 2.61. The highest BCUT2D eigenvalue weighted by atomic mass is 16.6. The van der Waals surface area contributed by atoms with Gasteiger partial charge in [-0.3, -0.25) is 9.80 Å². The van der Waals surface area contributed by atoms with Crippen LogP contribution < -0.4 is 0 Å². The first-order chi connectivity index (χ1) is 10.8. The first-order valence-electron chi connectivity index (χ1n) is 8.11. The molecule has 5 heteroatoms. The quantitative estimate of drug-likeness (QED) is 0.857. The fraction of sp³-hybridized carbons (Fsp3) is 0.588. The maximum absolute atomic E-state index is 12.3. The second kappa shape index (κ2) is 7.11. The Morgan fingerprint density at radius 1 is 1.27 bits per heavy atom. The molecule has 22 heavy (non-hydrogen) atoms. The number of hydrogen-bond donors (Lipinski definition) is 0. The molecule has 5 nitrogen and oxygen atoms in total. The lowest BCUT2D eigenvalue weighted by Gasteiger charge is -2.40. The summed E-state index contributed by atoms with van der Waals surface area (Å²) < 4.78 is 10.7. The molecule has 0 N–H and O–H groups in total. The number of nitrogens with zero attached hydrogens (tertiary/aromatic N) is 2. The van der Waals surface area contributed by atoms with Gasteiger partial charge in [0, 0.05) is 26.2 Å². The predicted molar refractivity (Wildman–Crippen MR) is 83.9 cm³/mol. The van der Waals surface area contributed by atoms with E-state index in [-0.39, 0.29) is 12.1 Å². The lowest BCUT2D eigenvalue weighted by atomic mass is 9.92. The van der Waals surface area contributed by atoms with Crippen molar-refractivity contribution in [2.75, 3.05) is 46.0 Å². The Balaban J connectivity index is 1.82. The van der Waals surface area contributed by atoms with Gasteiger partial charge in [-0.15, -0.1) is 0 Å². The van der Waals surface area contributed by atoms with Gasteiger partial charge in [0.25, 0.3) is 0 Å². The van der Waals surface area contributed by atoms with E-state index in [2.05, 4.69) is 29.2 Å². The first kappa shape index (κ1) is 15.3. The molecule has 120 valence electrons. The molecule has 1 aromatic rings. The molecule has 2 heterocycles. The molecule has 0 aliphatic carbocycles. The van der Waals surface area contributed by atoms with Crippen LogP contribution in [-0.2, 0) is 15.9 Å². The summed E-state index contributed by atoms with van der Waals surface area (Å²) in [6.07, 6.45) is 0.699. The average molecular weight is 304 g/mol. The monoisotopic (exact) mass is 304 g/mol. The Morgan fingerprint density at radius 3 is 2.82 bits per heavy atom. The van der Waals surface area contributed by atoms with Gasteiger partial charge in [-0.2, -0.15) is 0 Å². The van der Waals surface area contributed by atoms with E-state index in [9.17, 15) is 4.79 Å². The molecular formula is C17H24N2O3. The predicted octanol–water partition coefficient (Wildman–Crippen LogP) is 2.07. The lowest BCUT2D eigenvalue weighted by Crippen LogP contribution is -2.47. The summed E-state index contributed by atoms with van der Waals surface area (Å²) in [7, 11) is 0. The van der Waals surface area contributed by atoms with Crippen LogP contribution in [0.1, 0.15) is 24.1 Å². The third kappa shape index (κ3) is 3.25. The molecule has 2 aliphatic rings. The largest absolute Gasteiger partial charge is 0.450 e. The fourth-order valence-electron chi connectivity index (χ4n) is 3.30. The molecular weight excluding hydrogens is 280 g/mol. The molecule has 1 amide bonds. The van der Waals surface area contributed by atoms with E-state index in [1.165, 1.54) is 11.1 Å². The number of benzene rings is 1. The van der Waals surface area contributed by atoms with Gasteiger partial charge in [-0.25, -0.2) is 4.79 Å². The van der Waals surface area contributed by atoms with Crippen LogP contribution >= 0.6 is 0 Å². The first-order valence-corrected chi connectivity index (χ1v) is 8.11. The standard InChI is InChI=1S/C17H24N2O3/c1-2-22-17(20)19-8-7-14-5-3-4-6-15(14)16(19)13-18-9-11-21-12-10-18/h3-6,16H,2,7-13H2,1H3. The minimum absolute atomic E-state index is 0.0714. The third-order valence-electron chi connectivity index (χ3n) is 4.45. The van der Waals surface area contributed by atoms with Gasteiger partial charge in [0.1, 0.15) is 0 Å². The van der Waals surface area contributed by atoms with Crippen molar-refractivity contribution >= 4 is 6.09 Å². The normalized spacial score (nSPS) is 22.2. The summed E-state index contributed by atoms with van der Waals surface area (Å²) >= 11 is 0. The van der Waals surface area contributed by atoms with E-state index in [4.69, 9.17) is 9.47 Å². The molecule has 0 bridgehead atoms. The zero-order valence-electron chi connectivity index (χ0n) is 13.2. The van der Waals surface area contributed by atoms with Crippen molar-refractivity contribution in [1.82, 2.24) is 9.80 Å². The van der Waals surface area contributed by atoms with Gasteiger partial charge in [-0.05, 0) is 24.5 Å². The van der Waals surface area contributed by atoms with Crippen molar-refractivity contribution in [3.05, 3.63) is 35.4 Å². The van der Waals surface area contributed by atoms with Crippen molar-refractivity contribution in [2.24, 2.45) is 0 Å². The highest BCUT2D eigenvalue weighted by Crippen LogP contribution is 2.31. The van der Waals surface area contributed by atoms with E-state index in [1.54, 1.807) is 0 Å². The summed E-state index contributed by atoms with van der Waals surface area (Å²) in [6.45, 7) is 7.24. The number of carbonyl (C=O) groups excluding carboxylic acids is 1. The minimum Gasteiger partial charge on any atom is -0.450 e. The minimum atomic E-state index is -0.199. The molecule has 1 aromatic carbocycles. The highest BCUT2D eigenvalue weighted by Gasteiger charge is 2.33. The second-order valence-corrected chi connectivity index (χ2v) is 5.77. The Hall–Kier alpha value is -1.59. The number of morpholine rings is 1. The van der Waals surface area contributed by atoms with Crippen LogP contribution in [0.25, 0.3) is 0 Å². The van der Waals surface area contributed by atoms with Crippen LogP contribution in [0, 0.1) is 0 Å². The van der Waals surface area contributed by atoms with Crippen LogP contribution in [0.15, 0.2) is 24.3 Å². The SMILES string of the molecule is CCOC(=O)N1CCc2ccccc2C1CN1CCOCC1. The number of carbonyl (C=O) groups is 1. The van der Waals surface area contributed by atoms with Crippen molar-refractivity contribution < 1.29 is 14.3 Å². The van der Waals surface area contributed by atoms with Gasteiger partial charge in [0.15, 0.2) is 0 Å². The molecule has 1 atom stereocenters. The molecule has 2 aliphatic heterocycles. The van der Waals surface area contributed by atoms with Crippen LogP contribution in [-0.4, -0.2) is 61.9 Å². The van der Waals surface area contributed by atoms with Gasteiger partial charge < -0.3 is 9.47 Å². The second-order valence-electron chi connectivity index (χ2n) is 5.77. The topological polar surface area (TPSA) is 42.0 Å². The van der Waals surface area contributed by atoms with Crippen molar-refractivity contribution in [1.29, 1.82) is 0 Å². The number of hydrogen-bond acceptors (Lipinski definition) is 4. The molecule has 3 rings (SSSR count). The molecule has 0 saturated carbocycles. The smallest absolute Gasteiger partial charge is 0.410 e. The van der Waals surface area contributed by atoms with Crippen LogP contribution in [0.3, 0.4) is 0 Å². The summed E-state index contributed by atoms with van der Waals surface area (Å²) in [4.78, 5) is 16.6. The molecule has 1 unspecified atom stereocenters. The maximum Gasteiger partial charge on any atom is 0.410 e. The molecule has 1 saturated heterocycles. The van der Waals surface area contributed by atoms with E-state index < -0.39 is 0 Å². The van der Waals surface area contributed by atoms with Crippen LogP contribution in [0.4, 0.5) is 4.79 Å². The summed E-state index contributed by atoms with van der Waals surface area (Å²) in [5.74, 6) is 0. The van der Waals surface area contributed by atoms with Crippen molar-refractivity contribution in [3.63, 3.8) is 0 Å². The number of ether oxygens (including phenoxy) is 2. The van der Waals surface area contributed by atoms with Gasteiger partial charge in [0.05, 0.1) is 25.9 Å². The van der Waals surface area contributed by atoms with Crippen LogP contribution in [0.2, 0.25) is 0 Å². The number of fused-ring (bicyclic) bond motifs is 1. The maximum atomic E-state index is 12.3. The van der Waals surface area contributed by atoms with E-state index in [0.29, 0.717) is 6.61 Å². The average Bonchev–Trinajstić information content (AvgIpc) is 2.56. The molecule has 1 fully saturated rings. The Labute approximate surface area is 131 Å². The molecule has 0 aromatic heterocycles. The van der Waals surface area contributed by atoms with E-state index in [0.717, 1.165) is 45.8 Å². The van der Waals surface area contributed by atoms with Crippen LogP contribution in [0.5, 0.6) is 0 Å². The van der Waals surface area contributed by atoms with Gasteiger partial charge in [0.2, 0.25) is 0 Å². The van der Waals surface area contributed by atoms with E-state index in [1.807, 2.05) is 11.8 Å². The Morgan fingerprint density at radius 2 is 2.05 bits per heavy atom. The lowest BCUT2D eigenvalue weighted by molar-refractivity contribution is 0.0189. The van der Waals surface area contributed by atoms with Crippen molar-refractivity contribution in [2.45, 2.75) is 19.4 Å². The van der Waals surface area contributed by atoms with E-state index >= 15 is 0 Å².